The number of benzene rings is 1. The summed E-state index contributed by atoms with van der Waals surface area (Å²) in [7, 11) is -1.12. The minimum Gasteiger partial charge on any atom is -0.339 e. The molecule has 37 heavy (non-hydrogen) atoms. The summed E-state index contributed by atoms with van der Waals surface area (Å²) in [5.41, 5.74) is 1.87. The lowest BCUT2D eigenvalue weighted by atomic mass is 9.81. The smallest absolute Gasteiger partial charge is 0.270 e. The first kappa shape index (κ1) is 27.3. The Balaban J connectivity index is 1.45. The number of likely N-dealkylation sites (tertiary alicyclic amines) is 1. The van der Waals surface area contributed by atoms with E-state index < -0.39 is 15.9 Å². The molecule has 0 radical (unpaired) electrons. The van der Waals surface area contributed by atoms with E-state index in [1.165, 1.54) is 6.26 Å². The van der Waals surface area contributed by atoms with Crippen LogP contribution in [0, 0.1) is 5.92 Å². The summed E-state index contributed by atoms with van der Waals surface area (Å²) in [6.07, 6.45) is 4.18. The molecule has 8 nitrogen and oxygen atoms in total. The second kappa shape index (κ2) is 11.3. The molecule has 1 saturated heterocycles. The second-order valence-electron chi connectivity index (χ2n) is 10.8. The van der Waals surface area contributed by atoms with Gasteiger partial charge in [-0.15, -0.1) is 0 Å². The van der Waals surface area contributed by atoms with Gasteiger partial charge in [0.1, 0.15) is 21.6 Å². The van der Waals surface area contributed by atoms with Crippen molar-refractivity contribution < 1.29 is 18.0 Å². The molecule has 0 spiro atoms. The van der Waals surface area contributed by atoms with E-state index in [0.717, 1.165) is 24.8 Å². The third-order valence-electron chi connectivity index (χ3n) is 7.82. The summed E-state index contributed by atoms with van der Waals surface area (Å²) >= 11 is 0. The number of nitrogens with zero attached hydrogens (tertiary/aromatic N) is 3. The van der Waals surface area contributed by atoms with Crippen molar-refractivity contribution in [1.29, 1.82) is 0 Å². The van der Waals surface area contributed by atoms with Crippen molar-refractivity contribution in [2.75, 3.05) is 25.6 Å². The molecule has 2 fully saturated rings. The van der Waals surface area contributed by atoms with Gasteiger partial charge < -0.3 is 15.1 Å². The van der Waals surface area contributed by atoms with Gasteiger partial charge in [0, 0.05) is 36.5 Å². The zero-order valence-electron chi connectivity index (χ0n) is 22.1. The molecule has 1 N–H and O–H groups in total. The quantitative estimate of drug-likeness (QED) is 0.568. The Morgan fingerprint density at radius 3 is 2.51 bits per heavy atom. The molecule has 0 unspecified atom stereocenters. The van der Waals surface area contributed by atoms with Crippen molar-refractivity contribution in [3.63, 3.8) is 0 Å². The molecule has 2 aromatic rings. The minimum atomic E-state index is -3.20. The van der Waals surface area contributed by atoms with Gasteiger partial charge >= 0.3 is 0 Å². The molecule has 1 aromatic carbocycles. The fraction of sp³-hybridized carbons (Fsp3) is 0.536. The number of amides is 2. The molecule has 1 saturated carbocycles. The van der Waals surface area contributed by atoms with Gasteiger partial charge in [-0.2, -0.15) is 0 Å². The Labute approximate surface area is 220 Å². The highest BCUT2D eigenvalue weighted by atomic mass is 32.2. The van der Waals surface area contributed by atoms with E-state index in [2.05, 4.69) is 36.1 Å². The maximum absolute atomic E-state index is 13.4. The summed E-state index contributed by atoms with van der Waals surface area (Å²) in [6.45, 7) is 4.79. The van der Waals surface area contributed by atoms with Crippen LogP contribution in [0.1, 0.15) is 50.0 Å². The van der Waals surface area contributed by atoms with Gasteiger partial charge in [-0.3, -0.25) is 9.59 Å². The molecular formula is C28H38N4O4S. The van der Waals surface area contributed by atoms with Gasteiger partial charge in [-0.05, 0) is 64.6 Å². The Morgan fingerprint density at radius 2 is 1.84 bits per heavy atom. The summed E-state index contributed by atoms with van der Waals surface area (Å²) < 4.78 is 24.5. The molecule has 1 aromatic heterocycles. The highest BCUT2D eigenvalue weighted by Gasteiger charge is 2.43. The molecule has 1 aliphatic heterocycles. The van der Waals surface area contributed by atoms with Crippen LogP contribution in [-0.2, 0) is 14.6 Å². The maximum Gasteiger partial charge on any atom is 0.270 e. The van der Waals surface area contributed by atoms with Crippen LogP contribution in [0.15, 0.2) is 48.5 Å². The van der Waals surface area contributed by atoms with Crippen molar-refractivity contribution in [2.45, 2.75) is 63.7 Å². The first-order valence-electron chi connectivity index (χ1n) is 13.1. The molecule has 9 heteroatoms. The zero-order chi connectivity index (χ0) is 26.7. The first-order chi connectivity index (χ1) is 17.5. The van der Waals surface area contributed by atoms with Crippen molar-refractivity contribution in [1.82, 2.24) is 20.1 Å². The molecule has 200 valence electrons. The second-order valence-corrected chi connectivity index (χ2v) is 13.0. The van der Waals surface area contributed by atoms with Crippen molar-refractivity contribution in [3.05, 3.63) is 54.2 Å². The fourth-order valence-corrected chi connectivity index (χ4v) is 6.86. The number of hydrogen-bond acceptors (Lipinski definition) is 6. The van der Waals surface area contributed by atoms with Gasteiger partial charge in [0.05, 0.1) is 11.4 Å². The van der Waals surface area contributed by atoms with E-state index in [1.54, 1.807) is 12.1 Å². The normalized spacial score (nSPS) is 24.6. The highest BCUT2D eigenvalue weighted by Crippen LogP contribution is 2.35. The van der Waals surface area contributed by atoms with Crippen LogP contribution in [0.3, 0.4) is 0 Å². The monoisotopic (exact) mass is 526 g/mol. The summed E-state index contributed by atoms with van der Waals surface area (Å²) in [4.78, 5) is 35.1. The van der Waals surface area contributed by atoms with Crippen LogP contribution < -0.4 is 5.32 Å². The van der Waals surface area contributed by atoms with Crippen LogP contribution >= 0.6 is 0 Å². The Kier molecular flexibility index (Phi) is 8.33. The van der Waals surface area contributed by atoms with E-state index in [-0.39, 0.29) is 35.2 Å². The fourth-order valence-electron chi connectivity index (χ4n) is 5.72. The number of aromatic nitrogens is 1. The van der Waals surface area contributed by atoms with E-state index in [9.17, 15) is 18.0 Å². The first-order valence-corrected chi connectivity index (χ1v) is 15.1. The van der Waals surface area contributed by atoms with Crippen molar-refractivity contribution >= 4 is 21.7 Å². The molecule has 2 heterocycles. The average molecular weight is 527 g/mol. The molecule has 2 aliphatic rings. The van der Waals surface area contributed by atoms with Gasteiger partial charge in [0.25, 0.3) is 5.91 Å². The third-order valence-corrected chi connectivity index (χ3v) is 8.85. The topological polar surface area (TPSA) is 99.7 Å². The van der Waals surface area contributed by atoms with Crippen LogP contribution in [-0.4, -0.2) is 84.8 Å². The number of rotatable bonds is 8. The van der Waals surface area contributed by atoms with Gasteiger partial charge in [0.15, 0.2) is 0 Å². The number of carbonyl (C=O) groups is 2. The lowest BCUT2D eigenvalue weighted by Crippen LogP contribution is -2.53. The minimum absolute atomic E-state index is 0.0666. The number of nitrogens with one attached hydrogen (secondary N) is 1. The molecule has 4 atom stereocenters. The third kappa shape index (κ3) is 6.57. The molecular weight excluding hydrogens is 488 g/mol. The van der Waals surface area contributed by atoms with Gasteiger partial charge in [0.2, 0.25) is 5.91 Å². The van der Waals surface area contributed by atoms with Crippen LogP contribution in [0.2, 0.25) is 0 Å². The van der Waals surface area contributed by atoms with Gasteiger partial charge in [-0.25, -0.2) is 13.4 Å². The van der Waals surface area contributed by atoms with Crippen LogP contribution in [0.25, 0.3) is 11.3 Å². The van der Waals surface area contributed by atoms with E-state index >= 15 is 0 Å². The SMILES string of the molecule is CC(C)N(C)[C@@H]1CC[C@H](N2CC[C@H](NC(=O)c3cccc(-c4ccccc4)n3)C2=O)[C@H](CS(C)(=O)=O)C1. The van der Waals surface area contributed by atoms with Crippen molar-refractivity contribution in [3.8, 4) is 11.3 Å². The standard InChI is InChI=1S/C28H38N4O4S/c1-19(2)31(3)22-13-14-26(21(17-22)18-37(4,35)36)32-16-15-25(28(32)34)30-27(33)24-12-8-11-23(29-24)20-9-6-5-7-10-20/h5-12,19,21-22,25-26H,13-18H2,1-4H3,(H,30,33)/t21-,22+,25-,26-/m0/s1. The summed E-state index contributed by atoms with van der Waals surface area (Å²) in [5.74, 6) is -0.575. The molecule has 4 rings (SSSR count). The van der Waals surface area contributed by atoms with E-state index in [4.69, 9.17) is 0 Å². The number of pyridine rings is 1. The summed E-state index contributed by atoms with van der Waals surface area (Å²) in [6, 6.07) is 14.8. The lowest BCUT2D eigenvalue weighted by Gasteiger charge is -2.44. The predicted octanol–water partition coefficient (Wildman–Crippen LogP) is 3.00. The number of hydrogen-bond donors (Lipinski definition) is 1. The zero-order valence-corrected chi connectivity index (χ0v) is 22.9. The lowest BCUT2D eigenvalue weighted by molar-refractivity contribution is -0.133. The molecule has 2 amide bonds. The molecule has 0 bridgehead atoms. The number of sulfone groups is 1. The Morgan fingerprint density at radius 1 is 1.11 bits per heavy atom. The van der Waals surface area contributed by atoms with Crippen LogP contribution in [0.5, 0.6) is 0 Å². The van der Waals surface area contributed by atoms with E-state index in [1.807, 2.05) is 41.3 Å². The van der Waals surface area contributed by atoms with Crippen LogP contribution in [0.4, 0.5) is 0 Å². The highest BCUT2D eigenvalue weighted by molar-refractivity contribution is 7.90. The average Bonchev–Trinajstić information content (AvgIpc) is 3.22. The summed E-state index contributed by atoms with van der Waals surface area (Å²) in [5, 5.41) is 2.88. The molecule has 1 aliphatic carbocycles. The predicted molar refractivity (Wildman–Crippen MR) is 145 cm³/mol. The Hall–Kier alpha value is -2.78. The van der Waals surface area contributed by atoms with Crippen molar-refractivity contribution in [2.24, 2.45) is 5.92 Å². The Bertz CT molecular complexity index is 1220. The van der Waals surface area contributed by atoms with E-state index in [0.29, 0.717) is 30.7 Å². The maximum atomic E-state index is 13.4. The largest absolute Gasteiger partial charge is 0.339 e. The van der Waals surface area contributed by atoms with Gasteiger partial charge in [-0.1, -0.05) is 36.4 Å². The number of carbonyl (C=O) groups excluding carboxylic acids is 2.